The first-order valence-corrected chi connectivity index (χ1v) is 6.68. The van der Waals surface area contributed by atoms with E-state index in [4.69, 9.17) is 0 Å². The van der Waals surface area contributed by atoms with Crippen LogP contribution in [0.1, 0.15) is 46.5 Å². The predicted molar refractivity (Wildman–Crippen MR) is 64.6 cm³/mol. The summed E-state index contributed by atoms with van der Waals surface area (Å²) in [5, 5.41) is 4.16. The first-order chi connectivity index (χ1) is 6.31. The second-order valence-corrected chi connectivity index (χ2v) is 5.14. The maximum absolute atomic E-state index is 3.31. The van der Waals surface area contributed by atoms with E-state index in [2.05, 4.69) is 37.8 Å². The third kappa shape index (κ3) is 10.2. The highest BCUT2D eigenvalue weighted by Gasteiger charge is 2.05. The minimum Gasteiger partial charge on any atom is -0.315 e. The van der Waals surface area contributed by atoms with Crippen LogP contribution in [0, 0.1) is 0 Å². The van der Waals surface area contributed by atoms with E-state index in [-0.39, 0.29) is 0 Å². The molecule has 0 bridgehead atoms. The molecule has 1 aliphatic heterocycles. The van der Waals surface area contributed by atoms with Crippen molar-refractivity contribution in [3.05, 3.63) is 0 Å². The number of nitrogens with one attached hydrogen (secondary N) is 1. The Morgan fingerprint density at radius 1 is 1.23 bits per heavy atom. The number of hydrogen-bond donors (Lipinski definition) is 1. The first-order valence-electron chi connectivity index (χ1n) is 5.63. The second kappa shape index (κ2) is 10.4. The van der Waals surface area contributed by atoms with Gasteiger partial charge in [0.2, 0.25) is 0 Å². The van der Waals surface area contributed by atoms with Gasteiger partial charge in [0, 0.05) is 24.1 Å². The molecule has 1 rings (SSSR count). The van der Waals surface area contributed by atoms with Crippen molar-refractivity contribution in [2.45, 2.75) is 51.7 Å². The Labute approximate surface area is 88.1 Å². The minimum atomic E-state index is 0.841. The summed E-state index contributed by atoms with van der Waals surface area (Å²) in [4.78, 5) is 0. The van der Waals surface area contributed by atoms with Gasteiger partial charge in [-0.25, -0.2) is 0 Å². The maximum Gasteiger partial charge on any atom is 0.0144 e. The molecule has 0 amide bonds. The van der Waals surface area contributed by atoms with Gasteiger partial charge in [0.15, 0.2) is 0 Å². The maximum atomic E-state index is 3.31. The van der Waals surface area contributed by atoms with Crippen LogP contribution in [-0.2, 0) is 0 Å². The molecule has 0 radical (unpaired) electrons. The molecule has 1 saturated heterocycles. The molecule has 1 N–H and O–H groups in total. The lowest BCUT2D eigenvalue weighted by atomic mass is 10.2. The molecule has 0 saturated carbocycles. The zero-order chi connectivity index (χ0) is 9.94. The monoisotopic (exact) mass is 203 g/mol. The lowest BCUT2D eigenvalue weighted by Gasteiger charge is -2.17. The second-order valence-electron chi connectivity index (χ2n) is 3.59. The summed E-state index contributed by atoms with van der Waals surface area (Å²) in [5.41, 5.74) is 0. The Kier molecular flexibility index (Phi) is 10.6. The van der Waals surface area contributed by atoms with Crippen molar-refractivity contribution in [3.8, 4) is 0 Å². The molecular formula is C11H25NS. The van der Waals surface area contributed by atoms with Crippen LogP contribution in [0.25, 0.3) is 0 Å². The highest BCUT2D eigenvalue weighted by Crippen LogP contribution is 2.10. The number of rotatable bonds is 3. The third-order valence-corrected chi connectivity index (χ3v) is 3.25. The van der Waals surface area contributed by atoms with Crippen molar-refractivity contribution in [1.82, 2.24) is 5.32 Å². The normalized spacial score (nSPS) is 21.9. The molecule has 1 unspecified atom stereocenters. The lowest BCUT2D eigenvalue weighted by Crippen LogP contribution is -2.30. The molecule has 13 heavy (non-hydrogen) atoms. The van der Waals surface area contributed by atoms with Gasteiger partial charge < -0.3 is 5.32 Å². The van der Waals surface area contributed by atoms with Gasteiger partial charge in [0.25, 0.3) is 0 Å². The average Bonchev–Trinajstić information content (AvgIpc) is 2.17. The van der Waals surface area contributed by atoms with E-state index in [1.165, 1.54) is 44.5 Å². The van der Waals surface area contributed by atoms with E-state index in [9.17, 15) is 0 Å². The van der Waals surface area contributed by atoms with Gasteiger partial charge in [-0.05, 0) is 0 Å². The SMILES string of the molecule is CC1CNCCS1.CCCCCC. The molecule has 1 atom stereocenters. The summed E-state index contributed by atoms with van der Waals surface area (Å²) in [6, 6.07) is 0. The zero-order valence-corrected chi connectivity index (χ0v) is 10.3. The van der Waals surface area contributed by atoms with E-state index < -0.39 is 0 Å². The third-order valence-electron chi connectivity index (χ3n) is 2.07. The number of hydrogen-bond acceptors (Lipinski definition) is 2. The van der Waals surface area contributed by atoms with Crippen LogP contribution in [-0.4, -0.2) is 24.1 Å². The van der Waals surface area contributed by atoms with Gasteiger partial charge >= 0.3 is 0 Å². The Morgan fingerprint density at radius 3 is 2.08 bits per heavy atom. The van der Waals surface area contributed by atoms with Gasteiger partial charge in [-0.2, -0.15) is 11.8 Å². The smallest absolute Gasteiger partial charge is 0.0144 e. The zero-order valence-electron chi connectivity index (χ0n) is 9.44. The van der Waals surface area contributed by atoms with Crippen molar-refractivity contribution >= 4 is 11.8 Å². The fraction of sp³-hybridized carbons (Fsp3) is 1.00. The van der Waals surface area contributed by atoms with Crippen molar-refractivity contribution in [2.75, 3.05) is 18.8 Å². The average molecular weight is 203 g/mol. The van der Waals surface area contributed by atoms with Crippen molar-refractivity contribution in [1.29, 1.82) is 0 Å². The highest BCUT2D eigenvalue weighted by atomic mass is 32.2. The molecule has 0 aromatic rings. The Balaban J connectivity index is 0.000000226. The van der Waals surface area contributed by atoms with Crippen LogP contribution in [0.15, 0.2) is 0 Å². The molecule has 1 heterocycles. The number of thioether (sulfide) groups is 1. The summed E-state index contributed by atoms with van der Waals surface area (Å²) in [5.74, 6) is 1.29. The lowest BCUT2D eigenvalue weighted by molar-refractivity contribution is 0.695. The summed E-state index contributed by atoms with van der Waals surface area (Å²) in [7, 11) is 0. The molecule has 0 aromatic carbocycles. The van der Waals surface area contributed by atoms with E-state index in [0.717, 1.165) is 5.25 Å². The van der Waals surface area contributed by atoms with Crippen LogP contribution in [0.5, 0.6) is 0 Å². The Hall–Kier alpha value is 0.310. The molecular weight excluding hydrogens is 178 g/mol. The van der Waals surface area contributed by atoms with E-state index >= 15 is 0 Å². The summed E-state index contributed by atoms with van der Waals surface area (Å²) >= 11 is 2.06. The van der Waals surface area contributed by atoms with Crippen molar-refractivity contribution in [3.63, 3.8) is 0 Å². The quantitative estimate of drug-likeness (QED) is 0.706. The molecule has 0 aliphatic carbocycles. The van der Waals surface area contributed by atoms with E-state index in [1.54, 1.807) is 0 Å². The van der Waals surface area contributed by atoms with Crippen LogP contribution in [0.4, 0.5) is 0 Å². The standard InChI is InChI=1S/C6H14.C5H11NS/c1-3-5-6-4-2;1-5-4-6-2-3-7-5/h3-6H2,1-2H3;5-6H,2-4H2,1H3. The summed E-state index contributed by atoms with van der Waals surface area (Å²) < 4.78 is 0. The van der Waals surface area contributed by atoms with Gasteiger partial charge in [-0.15, -0.1) is 0 Å². The predicted octanol–water partition coefficient (Wildman–Crippen LogP) is 3.30. The fourth-order valence-corrected chi connectivity index (χ4v) is 2.10. The van der Waals surface area contributed by atoms with Crippen molar-refractivity contribution in [2.24, 2.45) is 0 Å². The van der Waals surface area contributed by atoms with Crippen LogP contribution in [0.2, 0.25) is 0 Å². The van der Waals surface area contributed by atoms with Gasteiger partial charge in [0.1, 0.15) is 0 Å². The molecule has 0 spiro atoms. The molecule has 1 nitrogen and oxygen atoms in total. The van der Waals surface area contributed by atoms with Gasteiger partial charge in [0.05, 0.1) is 0 Å². The van der Waals surface area contributed by atoms with Crippen LogP contribution < -0.4 is 5.32 Å². The molecule has 80 valence electrons. The Morgan fingerprint density at radius 2 is 1.85 bits per heavy atom. The summed E-state index contributed by atoms with van der Waals surface area (Å²) in [6.07, 6.45) is 5.54. The summed E-state index contributed by atoms with van der Waals surface area (Å²) in [6.45, 7) is 9.13. The van der Waals surface area contributed by atoms with E-state index in [1.807, 2.05) is 0 Å². The van der Waals surface area contributed by atoms with Crippen LogP contribution >= 0.6 is 11.8 Å². The van der Waals surface area contributed by atoms with Gasteiger partial charge in [-0.1, -0.05) is 46.5 Å². The van der Waals surface area contributed by atoms with Crippen molar-refractivity contribution < 1.29 is 0 Å². The molecule has 1 aliphatic rings. The Bertz CT molecular complexity index is 86.1. The number of unbranched alkanes of at least 4 members (excludes halogenated alkanes) is 3. The first kappa shape index (κ1) is 13.3. The molecule has 2 heteroatoms. The van der Waals surface area contributed by atoms with Gasteiger partial charge in [-0.3, -0.25) is 0 Å². The largest absolute Gasteiger partial charge is 0.315 e. The molecule has 0 aromatic heterocycles. The fourth-order valence-electron chi connectivity index (χ4n) is 1.20. The topological polar surface area (TPSA) is 12.0 Å². The van der Waals surface area contributed by atoms with E-state index in [0.29, 0.717) is 0 Å². The molecule has 1 fully saturated rings. The van der Waals surface area contributed by atoms with Crippen LogP contribution in [0.3, 0.4) is 0 Å². The minimum absolute atomic E-state index is 0.841. The highest BCUT2D eigenvalue weighted by molar-refractivity contribution is 7.99.